The van der Waals surface area contributed by atoms with Crippen LogP contribution in [0.2, 0.25) is 0 Å². The third-order valence-electron chi connectivity index (χ3n) is 2.97. The van der Waals surface area contributed by atoms with Crippen molar-refractivity contribution in [1.82, 2.24) is 5.32 Å². The van der Waals surface area contributed by atoms with Gasteiger partial charge < -0.3 is 25.3 Å². The average Bonchev–Trinajstić information content (AvgIpc) is 2.50. The SMILES string of the molecule is COc1ccc(OC)c(CNC(=O)CC(CN)OC)c1. The van der Waals surface area contributed by atoms with Crippen molar-refractivity contribution in [3.63, 3.8) is 0 Å². The van der Waals surface area contributed by atoms with Gasteiger partial charge in [0.05, 0.1) is 26.7 Å². The van der Waals surface area contributed by atoms with Gasteiger partial charge in [0, 0.05) is 25.8 Å². The van der Waals surface area contributed by atoms with Gasteiger partial charge in [-0.25, -0.2) is 0 Å². The molecule has 0 saturated heterocycles. The highest BCUT2D eigenvalue weighted by Crippen LogP contribution is 2.23. The molecule has 6 heteroatoms. The molecule has 0 aliphatic rings. The molecule has 0 aliphatic heterocycles. The third kappa shape index (κ3) is 4.71. The van der Waals surface area contributed by atoms with Gasteiger partial charge >= 0.3 is 0 Å². The van der Waals surface area contributed by atoms with E-state index in [-0.39, 0.29) is 18.4 Å². The summed E-state index contributed by atoms with van der Waals surface area (Å²) in [4.78, 5) is 11.8. The van der Waals surface area contributed by atoms with Crippen LogP contribution < -0.4 is 20.5 Å². The summed E-state index contributed by atoms with van der Waals surface area (Å²) in [5.41, 5.74) is 6.33. The number of methoxy groups -OCH3 is 3. The molecule has 0 aliphatic carbocycles. The van der Waals surface area contributed by atoms with Crippen molar-refractivity contribution in [3.05, 3.63) is 23.8 Å². The minimum absolute atomic E-state index is 0.118. The van der Waals surface area contributed by atoms with E-state index in [1.165, 1.54) is 7.11 Å². The summed E-state index contributed by atoms with van der Waals surface area (Å²) in [5.74, 6) is 1.30. The number of nitrogens with two attached hydrogens (primary N) is 1. The summed E-state index contributed by atoms with van der Waals surface area (Å²) in [6, 6.07) is 5.44. The standard InChI is InChI=1S/C14H22N2O4/c1-18-11-4-5-13(20-3)10(6-11)9-16-14(17)7-12(8-15)19-2/h4-6,12H,7-9,15H2,1-3H3,(H,16,17). The lowest BCUT2D eigenvalue weighted by atomic mass is 10.1. The van der Waals surface area contributed by atoms with Crippen LogP contribution in [0.4, 0.5) is 0 Å². The highest BCUT2D eigenvalue weighted by molar-refractivity contribution is 5.76. The van der Waals surface area contributed by atoms with E-state index in [1.54, 1.807) is 26.4 Å². The second-order valence-electron chi connectivity index (χ2n) is 4.25. The van der Waals surface area contributed by atoms with E-state index in [1.807, 2.05) is 6.07 Å². The van der Waals surface area contributed by atoms with Crippen molar-refractivity contribution in [2.45, 2.75) is 19.1 Å². The van der Waals surface area contributed by atoms with E-state index in [0.717, 1.165) is 5.56 Å². The van der Waals surface area contributed by atoms with Gasteiger partial charge in [0.15, 0.2) is 0 Å². The van der Waals surface area contributed by atoms with Gasteiger partial charge in [-0.2, -0.15) is 0 Å². The molecule has 0 radical (unpaired) electrons. The summed E-state index contributed by atoms with van der Waals surface area (Å²) in [6.45, 7) is 0.673. The molecule has 0 fully saturated rings. The number of hydrogen-bond acceptors (Lipinski definition) is 5. The number of benzene rings is 1. The fourth-order valence-electron chi connectivity index (χ4n) is 1.76. The van der Waals surface area contributed by atoms with Crippen LogP contribution in [0.25, 0.3) is 0 Å². The maximum absolute atomic E-state index is 11.8. The second-order valence-corrected chi connectivity index (χ2v) is 4.25. The summed E-state index contributed by atoms with van der Waals surface area (Å²) in [6.07, 6.45) is -0.0264. The van der Waals surface area contributed by atoms with Gasteiger partial charge in [0.1, 0.15) is 11.5 Å². The fraction of sp³-hybridized carbons (Fsp3) is 0.500. The molecule has 3 N–H and O–H groups in total. The van der Waals surface area contributed by atoms with Crippen LogP contribution in [0.15, 0.2) is 18.2 Å². The number of nitrogens with one attached hydrogen (secondary N) is 1. The molecular formula is C14H22N2O4. The Morgan fingerprint density at radius 3 is 2.60 bits per heavy atom. The first kappa shape index (κ1) is 16.3. The molecule has 0 bridgehead atoms. The number of amides is 1. The number of carbonyl (C=O) groups excluding carboxylic acids is 1. The zero-order chi connectivity index (χ0) is 15.0. The van der Waals surface area contributed by atoms with Crippen LogP contribution >= 0.6 is 0 Å². The molecule has 1 aromatic carbocycles. The molecule has 1 rings (SSSR count). The summed E-state index contributed by atoms with van der Waals surface area (Å²) < 4.78 is 15.5. The molecule has 1 aromatic rings. The van der Waals surface area contributed by atoms with E-state index in [9.17, 15) is 4.79 Å². The topological polar surface area (TPSA) is 82.8 Å². The normalized spacial score (nSPS) is 11.8. The van der Waals surface area contributed by atoms with Crippen molar-refractivity contribution in [3.8, 4) is 11.5 Å². The number of carbonyl (C=O) groups is 1. The van der Waals surface area contributed by atoms with Crippen molar-refractivity contribution in [2.75, 3.05) is 27.9 Å². The van der Waals surface area contributed by atoms with Crippen LogP contribution in [0, 0.1) is 0 Å². The van der Waals surface area contributed by atoms with Gasteiger partial charge in [0.25, 0.3) is 0 Å². The number of rotatable bonds is 8. The van der Waals surface area contributed by atoms with Gasteiger partial charge in [0.2, 0.25) is 5.91 Å². The van der Waals surface area contributed by atoms with Crippen LogP contribution in [0.3, 0.4) is 0 Å². The minimum Gasteiger partial charge on any atom is -0.497 e. The molecule has 0 saturated carbocycles. The Labute approximate surface area is 119 Å². The second kappa shape index (κ2) is 8.39. The average molecular weight is 282 g/mol. The molecule has 112 valence electrons. The first-order valence-corrected chi connectivity index (χ1v) is 6.35. The van der Waals surface area contributed by atoms with E-state index >= 15 is 0 Å². The van der Waals surface area contributed by atoms with E-state index < -0.39 is 0 Å². The lowest BCUT2D eigenvalue weighted by Gasteiger charge is -2.14. The lowest BCUT2D eigenvalue weighted by molar-refractivity contribution is -0.123. The van der Waals surface area contributed by atoms with Crippen LogP contribution in [0.5, 0.6) is 11.5 Å². The predicted molar refractivity (Wildman–Crippen MR) is 75.9 cm³/mol. The van der Waals surface area contributed by atoms with Crippen LogP contribution in [-0.2, 0) is 16.1 Å². The quantitative estimate of drug-likeness (QED) is 0.733. The molecule has 1 unspecified atom stereocenters. The maximum Gasteiger partial charge on any atom is 0.222 e. The largest absolute Gasteiger partial charge is 0.497 e. The monoisotopic (exact) mass is 282 g/mol. The summed E-state index contributed by atoms with van der Waals surface area (Å²) >= 11 is 0. The van der Waals surface area contributed by atoms with Gasteiger partial charge in [-0.05, 0) is 18.2 Å². The Bertz CT molecular complexity index is 433. The molecule has 6 nitrogen and oxygen atoms in total. The third-order valence-corrected chi connectivity index (χ3v) is 2.97. The van der Waals surface area contributed by atoms with Crippen molar-refractivity contribution >= 4 is 5.91 Å². The predicted octanol–water partition coefficient (Wildman–Crippen LogP) is 0.684. The van der Waals surface area contributed by atoms with Crippen molar-refractivity contribution in [2.24, 2.45) is 5.73 Å². The Morgan fingerprint density at radius 1 is 1.30 bits per heavy atom. The van der Waals surface area contributed by atoms with Crippen molar-refractivity contribution in [1.29, 1.82) is 0 Å². The van der Waals surface area contributed by atoms with E-state index in [2.05, 4.69) is 5.32 Å². The molecule has 1 atom stereocenters. The maximum atomic E-state index is 11.8. The summed E-state index contributed by atoms with van der Waals surface area (Å²) in [7, 11) is 4.72. The Morgan fingerprint density at radius 2 is 2.05 bits per heavy atom. The highest BCUT2D eigenvalue weighted by Gasteiger charge is 2.12. The van der Waals surface area contributed by atoms with E-state index in [4.69, 9.17) is 19.9 Å². The van der Waals surface area contributed by atoms with E-state index in [0.29, 0.717) is 24.6 Å². The molecule has 20 heavy (non-hydrogen) atoms. The zero-order valence-corrected chi connectivity index (χ0v) is 12.1. The Kier molecular flexibility index (Phi) is 6.83. The van der Waals surface area contributed by atoms with Gasteiger partial charge in [-0.15, -0.1) is 0 Å². The first-order chi connectivity index (χ1) is 9.64. The Hall–Kier alpha value is -1.79. The van der Waals surface area contributed by atoms with Crippen LogP contribution in [-0.4, -0.2) is 39.9 Å². The van der Waals surface area contributed by atoms with Crippen LogP contribution in [0.1, 0.15) is 12.0 Å². The van der Waals surface area contributed by atoms with Gasteiger partial charge in [-0.3, -0.25) is 4.79 Å². The van der Waals surface area contributed by atoms with Crippen molar-refractivity contribution < 1.29 is 19.0 Å². The lowest BCUT2D eigenvalue weighted by Crippen LogP contribution is -2.32. The molecule has 0 heterocycles. The highest BCUT2D eigenvalue weighted by atomic mass is 16.5. The molecule has 0 aromatic heterocycles. The smallest absolute Gasteiger partial charge is 0.222 e. The summed E-state index contributed by atoms with van der Waals surface area (Å²) in [5, 5.41) is 2.81. The Balaban J connectivity index is 2.62. The number of ether oxygens (including phenoxy) is 3. The molecule has 0 spiro atoms. The minimum atomic E-state index is -0.262. The zero-order valence-electron chi connectivity index (χ0n) is 12.1. The van der Waals surface area contributed by atoms with Gasteiger partial charge in [-0.1, -0.05) is 0 Å². The number of hydrogen-bond donors (Lipinski definition) is 2. The molecule has 1 amide bonds. The first-order valence-electron chi connectivity index (χ1n) is 6.35. The molecular weight excluding hydrogens is 260 g/mol. The fourth-order valence-corrected chi connectivity index (χ4v) is 1.76.